The van der Waals surface area contributed by atoms with Crippen molar-refractivity contribution in [3.8, 4) is 17.2 Å². The predicted molar refractivity (Wildman–Crippen MR) is 104 cm³/mol. The number of benzene rings is 2. The molecule has 6 heteroatoms. The highest BCUT2D eigenvalue weighted by molar-refractivity contribution is 5.77. The van der Waals surface area contributed by atoms with Gasteiger partial charge in [-0.05, 0) is 55.2 Å². The van der Waals surface area contributed by atoms with Gasteiger partial charge in [-0.1, -0.05) is 18.2 Å². The molecule has 148 valence electrons. The minimum atomic E-state index is -0.182. The average Bonchev–Trinajstić information content (AvgIpc) is 3.19. The second-order valence-corrected chi connectivity index (χ2v) is 7.34. The lowest BCUT2D eigenvalue weighted by Gasteiger charge is -2.38. The van der Waals surface area contributed by atoms with Gasteiger partial charge in [-0.3, -0.25) is 4.79 Å². The Balaban J connectivity index is 1.41. The van der Waals surface area contributed by atoms with E-state index in [1.54, 1.807) is 0 Å². The first-order valence-corrected chi connectivity index (χ1v) is 9.59. The Hall–Kier alpha value is -2.73. The zero-order valence-corrected chi connectivity index (χ0v) is 16.0. The Morgan fingerprint density at radius 3 is 2.75 bits per heavy atom. The van der Waals surface area contributed by atoms with Gasteiger partial charge < -0.3 is 24.3 Å². The summed E-state index contributed by atoms with van der Waals surface area (Å²) < 4.78 is 22.1. The van der Waals surface area contributed by atoms with Crippen LogP contribution in [0.3, 0.4) is 0 Å². The van der Waals surface area contributed by atoms with Crippen LogP contribution >= 0.6 is 0 Å². The van der Waals surface area contributed by atoms with Crippen LogP contribution in [0.15, 0.2) is 42.5 Å². The molecule has 2 aromatic rings. The standard InChI is InChI=1S/C22H25NO5/c1-16-3-2-4-18(11-16)26-13-21(24)23-14-22(7-9-25-10-8-22)17-5-6-19-20(12-17)28-15-27-19/h2-6,11-12H,7-10,13-15H2,1H3,(H,23,24). The molecule has 0 saturated carbocycles. The van der Waals surface area contributed by atoms with Gasteiger partial charge in [0.25, 0.3) is 5.91 Å². The average molecular weight is 383 g/mol. The fraction of sp³-hybridized carbons (Fsp3) is 0.409. The summed E-state index contributed by atoms with van der Waals surface area (Å²) in [5, 5.41) is 3.05. The maximum Gasteiger partial charge on any atom is 0.257 e. The Labute approximate surface area is 164 Å². The minimum Gasteiger partial charge on any atom is -0.484 e. The van der Waals surface area contributed by atoms with Crippen LogP contribution in [0.4, 0.5) is 0 Å². The fourth-order valence-corrected chi connectivity index (χ4v) is 3.73. The number of rotatable bonds is 6. The van der Waals surface area contributed by atoms with Crippen molar-refractivity contribution in [3.05, 3.63) is 53.6 Å². The van der Waals surface area contributed by atoms with Crippen molar-refractivity contribution in [1.82, 2.24) is 5.32 Å². The number of amides is 1. The van der Waals surface area contributed by atoms with Gasteiger partial charge >= 0.3 is 0 Å². The smallest absolute Gasteiger partial charge is 0.257 e. The molecule has 0 aliphatic carbocycles. The van der Waals surface area contributed by atoms with Gasteiger partial charge in [-0.2, -0.15) is 0 Å². The Bertz CT molecular complexity index is 845. The monoisotopic (exact) mass is 383 g/mol. The molecule has 0 atom stereocenters. The number of ether oxygens (including phenoxy) is 4. The highest BCUT2D eigenvalue weighted by Gasteiger charge is 2.36. The van der Waals surface area contributed by atoms with Gasteiger partial charge in [0, 0.05) is 25.2 Å². The second kappa shape index (κ2) is 8.10. The molecule has 0 unspecified atom stereocenters. The number of aryl methyl sites for hydroxylation is 1. The lowest BCUT2D eigenvalue weighted by molar-refractivity contribution is -0.123. The normalized spacial score (nSPS) is 17.2. The van der Waals surface area contributed by atoms with Gasteiger partial charge in [0.05, 0.1) is 0 Å². The first kappa shape index (κ1) is 18.6. The van der Waals surface area contributed by atoms with Crippen LogP contribution in [-0.4, -0.2) is 39.1 Å². The van der Waals surface area contributed by atoms with Crippen molar-refractivity contribution >= 4 is 5.91 Å². The van der Waals surface area contributed by atoms with Crippen LogP contribution in [-0.2, 0) is 14.9 Å². The summed E-state index contributed by atoms with van der Waals surface area (Å²) in [7, 11) is 0. The Morgan fingerprint density at radius 1 is 1.11 bits per heavy atom. The van der Waals surface area contributed by atoms with Crippen LogP contribution in [0.2, 0.25) is 0 Å². The molecular formula is C22H25NO5. The summed E-state index contributed by atoms with van der Waals surface area (Å²) in [6, 6.07) is 13.7. The van der Waals surface area contributed by atoms with E-state index in [-0.39, 0.29) is 24.7 Å². The molecule has 6 nitrogen and oxygen atoms in total. The van der Waals surface area contributed by atoms with Crippen LogP contribution in [0.1, 0.15) is 24.0 Å². The number of hydrogen-bond acceptors (Lipinski definition) is 5. The lowest BCUT2D eigenvalue weighted by Crippen LogP contribution is -2.45. The van der Waals surface area contributed by atoms with Crippen molar-refractivity contribution in [2.24, 2.45) is 0 Å². The molecule has 4 rings (SSSR count). The second-order valence-electron chi connectivity index (χ2n) is 7.34. The third-order valence-electron chi connectivity index (χ3n) is 5.42. The number of carbonyl (C=O) groups excluding carboxylic acids is 1. The van der Waals surface area contributed by atoms with Gasteiger partial charge in [0.1, 0.15) is 5.75 Å². The molecule has 1 saturated heterocycles. The lowest BCUT2D eigenvalue weighted by atomic mass is 9.74. The Kier molecular flexibility index (Phi) is 5.39. The topological polar surface area (TPSA) is 66.0 Å². The molecule has 1 N–H and O–H groups in total. The predicted octanol–water partition coefficient (Wildman–Crippen LogP) is 2.97. The van der Waals surface area contributed by atoms with E-state index in [4.69, 9.17) is 18.9 Å². The highest BCUT2D eigenvalue weighted by atomic mass is 16.7. The summed E-state index contributed by atoms with van der Waals surface area (Å²) in [4.78, 5) is 12.4. The van der Waals surface area contributed by atoms with E-state index < -0.39 is 0 Å². The minimum absolute atomic E-state index is 0.00281. The van der Waals surface area contributed by atoms with Gasteiger partial charge in [0.2, 0.25) is 6.79 Å². The molecule has 2 heterocycles. The summed E-state index contributed by atoms with van der Waals surface area (Å²) >= 11 is 0. The van der Waals surface area contributed by atoms with Crippen LogP contribution in [0, 0.1) is 6.92 Å². The first-order valence-electron chi connectivity index (χ1n) is 9.59. The molecular weight excluding hydrogens is 358 g/mol. The molecule has 1 amide bonds. The fourth-order valence-electron chi connectivity index (χ4n) is 3.73. The van der Waals surface area contributed by atoms with Crippen molar-refractivity contribution in [2.45, 2.75) is 25.2 Å². The summed E-state index contributed by atoms with van der Waals surface area (Å²) in [6.07, 6.45) is 1.68. The van der Waals surface area contributed by atoms with Crippen LogP contribution < -0.4 is 19.5 Å². The quantitative estimate of drug-likeness (QED) is 0.831. The third kappa shape index (κ3) is 4.07. The van der Waals surface area contributed by atoms with E-state index in [1.807, 2.05) is 43.3 Å². The van der Waals surface area contributed by atoms with E-state index in [0.29, 0.717) is 25.5 Å². The van der Waals surface area contributed by atoms with E-state index in [0.717, 1.165) is 35.5 Å². The molecule has 0 radical (unpaired) electrons. The summed E-state index contributed by atoms with van der Waals surface area (Å²) in [5.74, 6) is 2.10. The van der Waals surface area contributed by atoms with E-state index >= 15 is 0 Å². The number of nitrogens with one attached hydrogen (secondary N) is 1. The van der Waals surface area contributed by atoms with Crippen molar-refractivity contribution in [3.63, 3.8) is 0 Å². The van der Waals surface area contributed by atoms with E-state index in [2.05, 4.69) is 11.4 Å². The maximum atomic E-state index is 12.4. The van der Waals surface area contributed by atoms with Gasteiger partial charge in [-0.25, -0.2) is 0 Å². The van der Waals surface area contributed by atoms with Gasteiger partial charge in [-0.15, -0.1) is 0 Å². The van der Waals surface area contributed by atoms with E-state index in [1.165, 1.54) is 0 Å². The van der Waals surface area contributed by atoms with Crippen LogP contribution in [0.5, 0.6) is 17.2 Å². The zero-order chi connectivity index (χ0) is 19.4. The Morgan fingerprint density at radius 2 is 1.93 bits per heavy atom. The number of carbonyl (C=O) groups is 1. The molecule has 0 spiro atoms. The number of hydrogen-bond donors (Lipinski definition) is 1. The first-order chi connectivity index (χ1) is 13.6. The summed E-state index contributed by atoms with van der Waals surface area (Å²) in [5.41, 5.74) is 2.06. The summed E-state index contributed by atoms with van der Waals surface area (Å²) in [6.45, 7) is 4.12. The third-order valence-corrected chi connectivity index (χ3v) is 5.42. The molecule has 0 bridgehead atoms. The molecule has 2 aliphatic rings. The number of fused-ring (bicyclic) bond motifs is 1. The zero-order valence-electron chi connectivity index (χ0n) is 16.0. The highest BCUT2D eigenvalue weighted by Crippen LogP contribution is 2.40. The largest absolute Gasteiger partial charge is 0.484 e. The molecule has 0 aromatic heterocycles. The van der Waals surface area contributed by atoms with Crippen LogP contribution in [0.25, 0.3) is 0 Å². The SMILES string of the molecule is Cc1cccc(OCC(=O)NCC2(c3ccc4c(c3)OCO4)CCOCC2)c1. The maximum absolute atomic E-state index is 12.4. The molecule has 2 aromatic carbocycles. The van der Waals surface area contributed by atoms with Crippen molar-refractivity contribution < 1.29 is 23.7 Å². The van der Waals surface area contributed by atoms with Crippen molar-refractivity contribution in [1.29, 1.82) is 0 Å². The van der Waals surface area contributed by atoms with E-state index in [9.17, 15) is 4.79 Å². The molecule has 2 aliphatic heterocycles. The molecule has 28 heavy (non-hydrogen) atoms. The molecule has 1 fully saturated rings. The van der Waals surface area contributed by atoms with Crippen molar-refractivity contribution in [2.75, 3.05) is 33.2 Å². The van der Waals surface area contributed by atoms with Gasteiger partial charge in [0.15, 0.2) is 18.1 Å².